The molecule has 2 rings (SSSR count). The molecule has 1 aliphatic rings. The molecule has 1 aromatic rings. The fraction of sp³-hybridized carbons (Fsp3) is 0.714. The predicted molar refractivity (Wildman–Crippen MR) is 77.6 cm³/mol. The predicted octanol–water partition coefficient (Wildman–Crippen LogP) is 1.68. The van der Waals surface area contributed by atoms with Gasteiger partial charge in [-0.05, 0) is 18.8 Å². The maximum absolute atomic E-state index is 9.84. The number of hydrogen-bond donors (Lipinski definition) is 2. The highest BCUT2D eigenvalue weighted by molar-refractivity contribution is 5.58. The summed E-state index contributed by atoms with van der Waals surface area (Å²) in [5, 5.41) is 13.0. The Kier molecular flexibility index (Phi) is 4.58. The number of aliphatic hydroxyl groups excluding tert-OH is 1. The molecule has 0 spiro atoms. The Bertz CT molecular complexity index is 424. The van der Waals surface area contributed by atoms with E-state index in [1.807, 2.05) is 7.05 Å². The van der Waals surface area contributed by atoms with E-state index in [2.05, 4.69) is 34.0 Å². The molecule has 19 heavy (non-hydrogen) atoms. The zero-order valence-corrected chi connectivity index (χ0v) is 12.1. The fourth-order valence-corrected chi connectivity index (χ4v) is 2.70. The van der Waals surface area contributed by atoms with Crippen molar-refractivity contribution in [2.75, 3.05) is 30.4 Å². The molecule has 0 bridgehead atoms. The first-order chi connectivity index (χ1) is 9.17. The molecule has 1 aromatic heterocycles. The van der Waals surface area contributed by atoms with Gasteiger partial charge in [0.1, 0.15) is 18.0 Å². The van der Waals surface area contributed by atoms with Crippen LogP contribution in [0.2, 0.25) is 0 Å². The van der Waals surface area contributed by atoms with Crippen LogP contribution in [0.1, 0.15) is 32.3 Å². The number of anilines is 2. The molecule has 5 heteroatoms. The first-order valence-corrected chi connectivity index (χ1v) is 7.12. The topological polar surface area (TPSA) is 61.3 Å². The van der Waals surface area contributed by atoms with Gasteiger partial charge in [0.25, 0.3) is 0 Å². The summed E-state index contributed by atoms with van der Waals surface area (Å²) in [4.78, 5) is 11.1. The molecule has 5 nitrogen and oxygen atoms in total. The van der Waals surface area contributed by atoms with Gasteiger partial charge in [-0.1, -0.05) is 20.3 Å². The molecule has 2 N–H and O–H groups in total. The first-order valence-electron chi connectivity index (χ1n) is 7.12. The molecule has 0 saturated carbocycles. The Morgan fingerprint density at radius 3 is 2.89 bits per heavy atom. The van der Waals surface area contributed by atoms with E-state index in [0.29, 0.717) is 0 Å². The van der Waals surface area contributed by atoms with Crippen molar-refractivity contribution in [3.63, 3.8) is 0 Å². The van der Waals surface area contributed by atoms with Gasteiger partial charge in [0.2, 0.25) is 0 Å². The quantitative estimate of drug-likeness (QED) is 0.866. The van der Waals surface area contributed by atoms with Crippen LogP contribution in [0.4, 0.5) is 11.6 Å². The molecule has 0 radical (unpaired) electrons. The number of piperidine rings is 1. The second-order valence-electron chi connectivity index (χ2n) is 5.30. The van der Waals surface area contributed by atoms with Crippen molar-refractivity contribution in [2.24, 2.45) is 5.92 Å². The van der Waals surface area contributed by atoms with Crippen LogP contribution < -0.4 is 10.2 Å². The fourth-order valence-electron chi connectivity index (χ4n) is 2.70. The Labute approximate surface area is 115 Å². The number of hydrogen-bond acceptors (Lipinski definition) is 5. The number of aromatic nitrogens is 2. The van der Waals surface area contributed by atoms with Crippen LogP contribution in [0, 0.1) is 5.92 Å². The van der Waals surface area contributed by atoms with Crippen LogP contribution in [0.15, 0.2) is 6.33 Å². The maximum Gasteiger partial charge on any atom is 0.137 e. The van der Waals surface area contributed by atoms with Crippen molar-refractivity contribution in [1.82, 2.24) is 9.97 Å². The molecule has 1 fully saturated rings. The van der Waals surface area contributed by atoms with Gasteiger partial charge in [0.05, 0.1) is 6.10 Å². The maximum atomic E-state index is 9.84. The zero-order chi connectivity index (χ0) is 13.8. The molecular weight excluding hydrogens is 240 g/mol. The lowest BCUT2D eigenvalue weighted by molar-refractivity contribution is 0.0968. The van der Waals surface area contributed by atoms with E-state index in [0.717, 1.165) is 44.0 Å². The minimum absolute atomic E-state index is 0.184. The Morgan fingerprint density at radius 1 is 1.47 bits per heavy atom. The lowest BCUT2D eigenvalue weighted by Crippen LogP contribution is -2.42. The number of aliphatic hydroxyl groups is 1. The lowest BCUT2D eigenvalue weighted by Gasteiger charge is -2.36. The van der Waals surface area contributed by atoms with E-state index in [-0.39, 0.29) is 12.0 Å². The lowest BCUT2D eigenvalue weighted by atomic mass is 9.96. The van der Waals surface area contributed by atoms with Crippen LogP contribution in [0.3, 0.4) is 0 Å². The van der Waals surface area contributed by atoms with Crippen LogP contribution in [0.5, 0.6) is 0 Å². The summed E-state index contributed by atoms with van der Waals surface area (Å²) < 4.78 is 0. The summed E-state index contributed by atoms with van der Waals surface area (Å²) >= 11 is 0. The molecule has 1 saturated heterocycles. The average Bonchev–Trinajstić information content (AvgIpc) is 2.42. The van der Waals surface area contributed by atoms with Crippen molar-refractivity contribution < 1.29 is 5.11 Å². The standard InChI is InChI=1S/C14H24N4O/c1-4-5-11-13(15-3)16-9-17-14(11)18-7-6-12(19)10(2)8-18/h9-10,12,19H,4-8H2,1-3H3,(H,15,16,17). The van der Waals surface area contributed by atoms with Gasteiger partial charge in [0.15, 0.2) is 0 Å². The Balaban J connectivity index is 2.28. The Morgan fingerprint density at radius 2 is 2.26 bits per heavy atom. The average molecular weight is 264 g/mol. The van der Waals surface area contributed by atoms with Gasteiger partial charge in [-0.3, -0.25) is 0 Å². The van der Waals surface area contributed by atoms with Crippen molar-refractivity contribution >= 4 is 11.6 Å². The van der Waals surface area contributed by atoms with E-state index in [9.17, 15) is 5.11 Å². The minimum atomic E-state index is -0.184. The largest absolute Gasteiger partial charge is 0.393 e. The highest BCUT2D eigenvalue weighted by Gasteiger charge is 2.26. The summed E-state index contributed by atoms with van der Waals surface area (Å²) in [5.41, 5.74) is 1.19. The second kappa shape index (κ2) is 6.19. The molecule has 0 amide bonds. The van der Waals surface area contributed by atoms with Gasteiger partial charge in [-0.15, -0.1) is 0 Å². The highest BCUT2D eigenvalue weighted by atomic mass is 16.3. The number of nitrogens with zero attached hydrogens (tertiary/aromatic N) is 3. The third-order valence-electron chi connectivity index (χ3n) is 3.82. The van der Waals surface area contributed by atoms with Gasteiger partial charge in [-0.2, -0.15) is 0 Å². The third kappa shape index (κ3) is 2.97. The monoisotopic (exact) mass is 264 g/mol. The van der Waals surface area contributed by atoms with Gasteiger partial charge in [0, 0.05) is 25.7 Å². The van der Waals surface area contributed by atoms with E-state index in [4.69, 9.17) is 0 Å². The molecule has 2 atom stereocenters. The number of rotatable bonds is 4. The SMILES string of the molecule is CCCc1c(NC)ncnc1N1CCC(O)C(C)C1. The summed E-state index contributed by atoms with van der Waals surface area (Å²) in [6.45, 7) is 5.98. The van der Waals surface area contributed by atoms with Crippen LogP contribution in [-0.2, 0) is 6.42 Å². The van der Waals surface area contributed by atoms with Gasteiger partial charge in [-0.25, -0.2) is 9.97 Å². The summed E-state index contributed by atoms with van der Waals surface area (Å²) in [6, 6.07) is 0. The van der Waals surface area contributed by atoms with Crippen molar-refractivity contribution in [1.29, 1.82) is 0 Å². The molecular formula is C14H24N4O. The van der Waals surface area contributed by atoms with Crippen LogP contribution in [-0.4, -0.2) is 41.3 Å². The van der Waals surface area contributed by atoms with Crippen molar-refractivity contribution in [3.8, 4) is 0 Å². The molecule has 0 aromatic carbocycles. The molecule has 106 valence electrons. The molecule has 0 aliphatic carbocycles. The van der Waals surface area contributed by atoms with Crippen molar-refractivity contribution in [3.05, 3.63) is 11.9 Å². The normalized spacial score (nSPS) is 23.5. The molecule has 1 aliphatic heterocycles. The minimum Gasteiger partial charge on any atom is -0.393 e. The second-order valence-corrected chi connectivity index (χ2v) is 5.30. The number of nitrogens with one attached hydrogen (secondary N) is 1. The summed E-state index contributed by atoms with van der Waals surface area (Å²) in [5.74, 6) is 2.24. The summed E-state index contributed by atoms with van der Waals surface area (Å²) in [7, 11) is 1.90. The van der Waals surface area contributed by atoms with E-state index in [1.165, 1.54) is 5.56 Å². The Hall–Kier alpha value is -1.36. The molecule has 2 heterocycles. The van der Waals surface area contributed by atoms with E-state index < -0.39 is 0 Å². The van der Waals surface area contributed by atoms with Gasteiger partial charge >= 0.3 is 0 Å². The summed E-state index contributed by atoms with van der Waals surface area (Å²) in [6.07, 6.45) is 4.29. The molecule has 2 unspecified atom stereocenters. The third-order valence-corrected chi connectivity index (χ3v) is 3.82. The highest BCUT2D eigenvalue weighted by Crippen LogP contribution is 2.28. The zero-order valence-electron chi connectivity index (χ0n) is 12.1. The van der Waals surface area contributed by atoms with Crippen molar-refractivity contribution in [2.45, 2.75) is 39.2 Å². The smallest absolute Gasteiger partial charge is 0.137 e. The van der Waals surface area contributed by atoms with Crippen LogP contribution >= 0.6 is 0 Å². The van der Waals surface area contributed by atoms with E-state index >= 15 is 0 Å². The van der Waals surface area contributed by atoms with Crippen LogP contribution in [0.25, 0.3) is 0 Å². The van der Waals surface area contributed by atoms with Gasteiger partial charge < -0.3 is 15.3 Å². The van der Waals surface area contributed by atoms with E-state index in [1.54, 1.807) is 6.33 Å². The first kappa shape index (κ1) is 14.1.